The van der Waals surface area contributed by atoms with E-state index in [1.807, 2.05) is 24.3 Å². The van der Waals surface area contributed by atoms with Gasteiger partial charge in [-0.05, 0) is 24.1 Å². The number of ether oxygens (including phenoxy) is 2. The predicted molar refractivity (Wildman–Crippen MR) is 199 cm³/mol. The fraction of sp³-hybridized carbons (Fsp3) is 0.289. The highest BCUT2D eigenvalue weighted by Gasteiger charge is 2.22. The minimum absolute atomic E-state index is 0.00529. The van der Waals surface area contributed by atoms with Crippen LogP contribution in [-0.2, 0) is 27.4 Å². The number of fused-ring (bicyclic) bond motifs is 1. The zero-order valence-electron chi connectivity index (χ0n) is 28.9. The number of halogens is 3. The number of rotatable bonds is 14. The predicted octanol–water partition coefficient (Wildman–Crippen LogP) is 4.93. The minimum Gasteiger partial charge on any atom is -0.481 e. The first-order chi connectivity index (χ1) is 25.6. The van der Waals surface area contributed by atoms with E-state index in [2.05, 4.69) is 30.7 Å². The summed E-state index contributed by atoms with van der Waals surface area (Å²) in [4.78, 5) is 45.1. The largest absolute Gasteiger partial charge is 0.481 e. The van der Waals surface area contributed by atoms with E-state index in [1.165, 1.54) is 30.9 Å². The van der Waals surface area contributed by atoms with Crippen LogP contribution in [0.3, 0.4) is 0 Å². The number of amides is 1. The van der Waals surface area contributed by atoms with Crippen LogP contribution < -0.4 is 26.2 Å². The molecular formula is C38H37Cl2FN6O6. The zero-order valence-corrected chi connectivity index (χ0v) is 30.4. The van der Waals surface area contributed by atoms with Gasteiger partial charge in [-0.3, -0.25) is 18.8 Å². The molecule has 1 aliphatic heterocycles. The molecule has 0 unspecified atom stereocenters. The zero-order chi connectivity index (χ0) is 37.6. The third kappa shape index (κ3) is 8.50. The summed E-state index contributed by atoms with van der Waals surface area (Å²) < 4.78 is 27.0. The maximum Gasteiger partial charge on any atom is 0.308 e. The van der Waals surface area contributed by atoms with Gasteiger partial charge < -0.3 is 30.5 Å². The first-order valence-electron chi connectivity index (χ1n) is 16.9. The van der Waals surface area contributed by atoms with Crippen molar-refractivity contribution < 1.29 is 28.6 Å². The van der Waals surface area contributed by atoms with Crippen molar-refractivity contribution in [3.05, 3.63) is 104 Å². The minimum atomic E-state index is -0.957. The van der Waals surface area contributed by atoms with Crippen molar-refractivity contribution in [3.63, 3.8) is 0 Å². The molecule has 0 saturated carbocycles. The van der Waals surface area contributed by atoms with Crippen molar-refractivity contribution in [2.75, 3.05) is 27.3 Å². The number of carbonyl (C=O) groups excluding carboxylic acids is 2. The number of nitrogens with zero attached hydrogens (tertiary/aromatic N) is 3. The fourth-order valence-corrected chi connectivity index (χ4v) is 6.87. The molecule has 4 N–H and O–H groups in total. The molecule has 12 nitrogen and oxygen atoms in total. The number of aliphatic hydroxyl groups excluding tert-OH is 1. The molecule has 276 valence electrons. The van der Waals surface area contributed by atoms with Gasteiger partial charge in [-0.15, -0.1) is 0 Å². The summed E-state index contributed by atoms with van der Waals surface area (Å²) in [7, 11) is 2.67. The normalized spacial score (nSPS) is 14.7. The first kappa shape index (κ1) is 37.8. The molecule has 0 radical (unpaired) electrons. The van der Waals surface area contributed by atoms with Gasteiger partial charge in [0.1, 0.15) is 11.5 Å². The fourth-order valence-electron chi connectivity index (χ4n) is 6.21. The Hall–Kier alpha value is -4.92. The summed E-state index contributed by atoms with van der Waals surface area (Å²) in [6.07, 6.45) is 3.17. The van der Waals surface area contributed by atoms with Gasteiger partial charge >= 0.3 is 5.97 Å². The van der Waals surface area contributed by atoms with Gasteiger partial charge in [0.05, 0.1) is 48.0 Å². The summed E-state index contributed by atoms with van der Waals surface area (Å²) in [5.74, 6) is -0.915. The van der Waals surface area contributed by atoms with Crippen LogP contribution in [0.15, 0.2) is 71.8 Å². The summed E-state index contributed by atoms with van der Waals surface area (Å²) in [5.41, 5.74) is 4.12. The topological polar surface area (TPSA) is 156 Å². The molecule has 2 atom stereocenters. The Labute approximate surface area is 314 Å². The van der Waals surface area contributed by atoms with E-state index in [1.54, 1.807) is 30.5 Å². The molecule has 1 fully saturated rings. The van der Waals surface area contributed by atoms with Crippen molar-refractivity contribution in [1.29, 1.82) is 0 Å². The standard InChI is InChI=1S/C38H37Cl2FN6O6/c1-52-34(50)14-24(48)19-42-16-22-17-44-32-13-21(11-12-47(32)38(22)51)25-5-3-6-26(35(25)39)27-7-4-8-28(36(27)40)31-15-30(41)29(37(46-31)53-2)20-43-18-23-9-10-33(49)45-23/h3-8,11-13,15,17,23-24,42-43,48H,9-10,14,16,18-20H2,1-2H3,(H,45,49)/t23-,24-/m0/s1. The van der Waals surface area contributed by atoms with Crippen molar-refractivity contribution in [1.82, 2.24) is 30.3 Å². The third-order valence-electron chi connectivity index (χ3n) is 8.98. The molecule has 5 aromatic rings. The lowest BCUT2D eigenvalue weighted by molar-refractivity contribution is -0.142. The van der Waals surface area contributed by atoms with Gasteiger partial charge in [0.15, 0.2) is 0 Å². The van der Waals surface area contributed by atoms with Gasteiger partial charge in [-0.2, -0.15) is 0 Å². The Balaban J connectivity index is 1.23. The van der Waals surface area contributed by atoms with E-state index in [0.29, 0.717) is 62.0 Å². The number of nitrogens with one attached hydrogen (secondary N) is 3. The van der Waals surface area contributed by atoms with Gasteiger partial charge in [0.2, 0.25) is 11.8 Å². The number of aromatic nitrogens is 3. The average molecular weight is 764 g/mol. The van der Waals surface area contributed by atoms with E-state index in [4.69, 9.17) is 27.9 Å². The van der Waals surface area contributed by atoms with E-state index < -0.39 is 17.9 Å². The maximum atomic E-state index is 15.6. The summed E-state index contributed by atoms with van der Waals surface area (Å²) in [6, 6.07) is 15.7. The van der Waals surface area contributed by atoms with Gasteiger partial charge in [-0.1, -0.05) is 59.6 Å². The maximum absolute atomic E-state index is 15.6. The quantitative estimate of drug-likeness (QED) is 0.115. The van der Waals surface area contributed by atoms with Crippen LogP contribution in [-0.4, -0.2) is 70.8 Å². The lowest BCUT2D eigenvalue weighted by atomic mass is 9.97. The van der Waals surface area contributed by atoms with Crippen LogP contribution >= 0.6 is 23.2 Å². The lowest BCUT2D eigenvalue weighted by Gasteiger charge is -2.16. The van der Waals surface area contributed by atoms with E-state index >= 15 is 4.39 Å². The van der Waals surface area contributed by atoms with Crippen molar-refractivity contribution in [2.24, 2.45) is 0 Å². The van der Waals surface area contributed by atoms with Crippen LogP contribution in [0.5, 0.6) is 5.88 Å². The number of hydrogen-bond acceptors (Lipinski definition) is 10. The Morgan fingerprint density at radius 2 is 1.75 bits per heavy atom. The van der Waals surface area contributed by atoms with Crippen LogP contribution in [0, 0.1) is 5.82 Å². The van der Waals surface area contributed by atoms with E-state index in [9.17, 15) is 19.5 Å². The SMILES string of the molecule is COC(=O)C[C@H](O)CNCc1cnc2cc(-c3cccc(-c4cccc(-c5cc(F)c(CNC[C@@H]6CCC(=O)N6)c(OC)n5)c4Cl)c3Cl)ccn2c1=O. The lowest BCUT2D eigenvalue weighted by Crippen LogP contribution is -2.35. The molecule has 53 heavy (non-hydrogen) atoms. The van der Waals surface area contributed by atoms with Crippen LogP contribution in [0.25, 0.3) is 39.2 Å². The Morgan fingerprint density at radius 3 is 2.45 bits per heavy atom. The number of benzene rings is 2. The molecule has 4 heterocycles. The summed E-state index contributed by atoms with van der Waals surface area (Å²) in [6.45, 7) is 0.882. The second-order valence-electron chi connectivity index (χ2n) is 12.5. The number of methoxy groups -OCH3 is 2. The smallest absolute Gasteiger partial charge is 0.308 e. The van der Waals surface area contributed by atoms with Gasteiger partial charge in [0, 0.05) is 84.9 Å². The molecular weight excluding hydrogens is 726 g/mol. The molecule has 6 rings (SSSR count). The van der Waals surface area contributed by atoms with Crippen molar-refractivity contribution >= 4 is 40.7 Å². The Bertz CT molecular complexity index is 2230. The second-order valence-corrected chi connectivity index (χ2v) is 13.3. The molecule has 0 spiro atoms. The molecule has 1 saturated heterocycles. The molecule has 2 aromatic carbocycles. The average Bonchev–Trinajstić information content (AvgIpc) is 3.57. The Morgan fingerprint density at radius 1 is 1.04 bits per heavy atom. The highest BCUT2D eigenvalue weighted by molar-refractivity contribution is 6.39. The number of aliphatic hydroxyl groups is 1. The summed E-state index contributed by atoms with van der Waals surface area (Å²) >= 11 is 14.0. The number of hydrogen-bond donors (Lipinski definition) is 4. The van der Waals surface area contributed by atoms with Crippen LogP contribution in [0.4, 0.5) is 4.39 Å². The van der Waals surface area contributed by atoms with Gasteiger partial charge in [-0.25, -0.2) is 14.4 Å². The number of carbonyl (C=O) groups is 2. The molecule has 0 bridgehead atoms. The Kier molecular flexibility index (Phi) is 12.0. The van der Waals surface area contributed by atoms with E-state index in [-0.39, 0.29) is 60.7 Å². The number of esters is 1. The first-order valence-corrected chi connectivity index (χ1v) is 17.6. The van der Waals surface area contributed by atoms with Crippen LogP contribution in [0.1, 0.15) is 30.4 Å². The summed E-state index contributed by atoms with van der Waals surface area (Å²) in [5, 5.41) is 19.7. The van der Waals surface area contributed by atoms with Gasteiger partial charge in [0.25, 0.3) is 5.56 Å². The highest BCUT2D eigenvalue weighted by Crippen LogP contribution is 2.42. The second kappa shape index (κ2) is 16.8. The van der Waals surface area contributed by atoms with Crippen molar-refractivity contribution in [3.8, 4) is 39.4 Å². The monoisotopic (exact) mass is 762 g/mol. The molecule has 3 aromatic heterocycles. The van der Waals surface area contributed by atoms with Crippen LogP contribution in [0.2, 0.25) is 10.0 Å². The van der Waals surface area contributed by atoms with E-state index in [0.717, 1.165) is 6.42 Å². The molecule has 1 amide bonds. The molecule has 0 aliphatic carbocycles. The van der Waals surface area contributed by atoms with Crippen molar-refractivity contribution in [2.45, 2.75) is 44.5 Å². The number of pyridine rings is 2. The highest BCUT2D eigenvalue weighted by atomic mass is 35.5. The molecule has 15 heteroatoms. The molecule has 1 aliphatic rings. The third-order valence-corrected chi connectivity index (χ3v) is 9.80.